The van der Waals surface area contributed by atoms with Gasteiger partial charge in [0.15, 0.2) is 4.17 Å². The number of halogens is 4. The minimum atomic E-state index is -0.915. The van der Waals surface area contributed by atoms with Gasteiger partial charge in [0.2, 0.25) is 0 Å². The molecule has 104 valence electrons. The van der Waals surface area contributed by atoms with Gasteiger partial charge in [0.1, 0.15) is 12.0 Å². The third-order valence-corrected chi connectivity index (χ3v) is 3.82. The fourth-order valence-corrected chi connectivity index (χ4v) is 2.79. The first-order chi connectivity index (χ1) is 8.91. The molecule has 1 heterocycles. The SMILES string of the molecule is CC1N(c2ccc(F)cc2)C(=O)N(F)N1SC(Cl)Cl. The maximum Gasteiger partial charge on any atom is 0.370 e. The summed E-state index contributed by atoms with van der Waals surface area (Å²) >= 11 is 11.9. The standard InChI is InChI=1S/C10H9Cl2F2N3OS/c1-6-15(8-4-2-7(13)3-5-8)10(18)16(14)17(6)19-9(11)12/h2-6,9H,1H3. The van der Waals surface area contributed by atoms with Gasteiger partial charge in [-0.3, -0.25) is 4.90 Å². The average Bonchev–Trinajstić information content (AvgIpc) is 2.55. The van der Waals surface area contributed by atoms with Gasteiger partial charge in [-0.25, -0.2) is 9.18 Å². The van der Waals surface area contributed by atoms with E-state index in [4.69, 9.17) is 23.2 Å². The van der Waals surface area contributed by atoms with Crippen LogP contribution in [0.4, 0.5) is 19.4 Å². The molecule has 19 heavy (non-hydrogen) atoms. The van der Waals surface area contributed by atoms with Crippen molar-refractivity contribution in [2.75, 3.05) is 4.90 Å². The molecule has 1 atom stereocenters. The zero-order valence-corrected chi connectivity index (χ0v) is 12.0. The van der Waals surface area contributed by atoms with Crippen LogP contribution in [0.3, 0.4) is 0 Å². The molecule has 1 aromatic rings. The van der Waals surface area contributed by atoms with Crippen LogP contribution in [0.5, 0.6) is 0 Å². The van der Waals surface area contributed by atoms with Gasteiger partial charge in [-0.15, -0.1) is 4.41 Å². The molecule has 1 aliphatic heterocycles. The van der Waals surface area contributed by atoms with E-state index in [2.05, 4.69) is 0 Å². The lowest BCUT2D eigenvalue weighted by atomic mass is 10.3. The Morgan fingerprint density at radius 1 is 1.32 bits per heavy atom. The summed E-state index contributed by atoms with van der Waals surface area (Å²) in [6.07, 6.45) is -0.645. The summed E-state index contributed by atoms with van der Waals surface area (Å²) in [5.74, 6) is -0.437. The first kappa shape index (κ1) is 14.6. The molecule has 0 saturated carbocycles. The predicted octanol–water partition coefficient (Wildman–Crippen LogP) is 3.92. The number of anilines is 1. The molecular weight excluding hydrogens is 319 g/mol. The number of hydrazine groups is 1. The molecule has 0 aliphatic carbocycles. The molecule has 0 bridgehead atoms. The lowest BCUT2D eigenvalue weighted by Gasteiger charge is -2.23. The molecule has 0 spiro atoms. The molecule has 0 aromatic heterocycles. The van der Waals surface area contributed by atoms with Gasteiger partial charge in [0.25, 0.3) is 0 Å². The van der Waals surface area contributed by atoms with Crippen molar-refractivity contribution in [3.63, 3.8) is 0 Å². The van der Waals surface area contributed by atoms with Gasteiger partial charge in [-0.05, 0) is 43.1 Å². The number of alkyl halides is 2. The Kier molecular flexibility index (Phi) is 4.39. The normalized spacial score (nSPS) is 20.7. The van der Waals surface area contributed by atoms with Crippen molar-refractivity contribution in [2.45, 2.75) is 17.3 Å². The maximum absolute atomic E-state index is 13.8. The molecular formula is C10H9Cl2F2N3OS. The number of benzene rings is 1. The Morgan fingerprint density at radius 3 is 2.42 bits per heavy atom. The second-order valence-corrected chi connectivity index (χ2v) is 6.36. The van der Waals surface area contributed by atoms with Crippen LogP contribution in [-0.2, 0) is 0 Å². The molecule has 0 radical (unpaired) electrons. The smallest absolute Gasteiger partial charge is 0.272 e. The molecule has 1 saturated heterocycles. The second kappa shape index (κ2) is 5.70. The minimum Gasteiger partial charge on any atom is -0.272 e. The largest absolute Gasteiger partial charge is 0.370 e. The van der Waals surface area contributed by atoms with Crippen molar-refractivity contribution in [1.29, 1.82) is 0 Å². The van der Waals surface area contributed by atoms with E-state index in [0.29, 0.717) is 5.69 Å². The highest BCUT2D eigenvalue weighted by atomic mass is 35.5. The van der Waals surface area contributed by atoms with Gasteiger partial charge in [0.05, 0.1) is 0 Å². The third-order valence-electron chi connectivity index (χ3n) is 2.52. The average molecular weight is 328 g/mol. The zero-order chi connectivity index (χ0) is 14.2. The quantitative estimate of drug-likeness (QED) is 0.478. The van der Waals surface area contributed by atoms with Crippen molar-refractivity contribution < 1.29 is 13.7 Å². The van der Waals surface area contributed by atoms with Crippen molar-refractivity contribution in [2.24, 2.45) is 0 Å². The number of urea groups is 1. The van der Waals surface area contributed by atoms with E-state index < -0.39 is 22.2 Å². The Balaban J connectivity index is 2.26. The first-order valence-electron chi connectivity index (χ1n) is 5.20. The highest BCUT2D eigenvalue weighted by molar-refractivity contribution is 8.00. The Morgan fingerprint density at radius 2 is 1.89 bits per heavy atom. The van der Waals surface area contributed by atoms with Crippen molar-refractivity contribution >= 4 is 46.9 Å². The van der Waals surface area contributed by atoms with E-state index in [-0.39, 0.29) is 5.23 Å². The van der Waals surface area contributed by atoms with E-state index >= 15 is 0 Å². The lowest BCUT2D eigenvalue weighted by Crippen LogP contribution is -2.34. The van der Waals surface area contributed by atoms with E-state index in [1.807, 2.05) is 0 Å². The number of nitrogens with zero attached hydrogens (tertiary/aromatic N) is 3. The van der Waals surface area contributed by atoms with Gasteiger partial charge < -0.3 is 0 Å². The minimum absolute atomic E-state index is 0.0730. The van der Waals surface area contributed by atoms with Gasteiger partial charge in [-0.2, -0.15) is 0 Å². The number of hydrogen-bond acceptors (Lipinski definition) is 3. The van der Waals surface area contributed by atoms with Crippen LogP contribution >= 0.6 is 35.1 Å². The van der Waals surface area contributed by atoms with Crippen molar-refractivity contribution in [3.8, 4) is 0 Å². The Bertz CT molecular complexity index is 476. The monoisotopic (exact) mass is 327 g/mol. The predicted molar refractivity (Wildman–Crippen MR) is 71.6 cm³/mol. The summed E-state index contributed by atoms with van der Waals surface area (Å²) in [5, 5.41) is -0.0730. The molecule has 9 heteroatoms. The summed E-state index contributed by atoms with van der Waals surface area (Å²) in [7, 11) is 0. The molecule has 1 fully saturated rings. The van der Waals surface area contributed by atoms with Gasteiger partial charge >= 0.3 is 6.03 Å². The summed E-state index contributed by atoms with van der Waals surface area (Å²) in [4.78, 5) is 13.0. The molecule has 0 N–H and O–H groups in total. The fraction of sp³-hybridized carbons (Fsp3) is 0.300. The van der Waals surface area contributed by atoms with Crippen molar-refractivity contribution in [3.05, 3.63) is 30.1 Å². The number of carbonyl (C=O) groups excluding carboxylic acids is 1. The van der Waals surface area contributed by atoms with E-state index in [0.717, 1.165) is 16.4 Å². The summed E-state index contributed by atoms with van der Waals surface area (Å²) in [6.45, 7) is 1.60. The maximum atomic E-state index is 13.8. The van der Waals surface area contributed by atoms with E-state index in [1.165, 1.54) is 29.2 Å². The summed E-state index contributed by atoms with van der Waals surface area (Å²) in [6, 6.07) is 4.29. The Hall–Kier alpha value is -0.760. The second-order valence-electron chi connectivity index (χ2n) is 3.69. The molecule has 1 unspecified atom stereocenters. The fourth-order valence-electron chi connectivity index (χ4n) is 1.72. The van der Waals surface area contributed by atoms with Gasteiger partial charge in [-0.1, -0.05) is 32.9 Å². The summed E-state index contributed by atoms with van der Waals surface area (Å²) < 4.78 is 26.7. The highest BCUT2D eigenvalue weighted by Crippen LogP contribution is 2.36. The third kappa shape index (κ3) is 2.89. The number of rotatable bonds is 3. The molecule has 1 aliphatic rings. The van der Waals surface area contributed by atoms with E-state index in [1.54, 1.807) is 6.92 Å². The van der Waals surface area contributed by atoms with Crippen LogP contribution in [0.15, 0.2) is 24.3 Å². The van der Waals surface area contributed by atoms with Crippen molar-refractivity contribution in [1.82, 2.24) is 9.65 Å². The van der Waals surface area contributed by atoms with E-state index in [9.17, 15) is 13.7 Å². The van der Waals surface area contributed by atoms with Crippen LogP contribution in [0, 0.1) is 5.82 Å². The molecule has 2 rings (SSSR count). The highest BCUT2D eigenvalue weighted by Gasteiger charge is 2.44. The lowest BCUT2D eigenvalue weighted by molar-refractivity contribution is -0.0427. The van der Waals surface area contributed by atoms with Crippen LogP contribution < -0.4 is 4.90 Å². The first-order valence-corrected chi connectivity index (χ1v) is 6.91. The summed E-state index contributed by atoms with van der Waals surface area (Å²) in [5.41, 5.74) is 0.380. The topological polar surface area (TPSA) is 26.8 Å². The molecule has 4 nitrogen and oxygen atoms in total. The van der Waals surface area contributed by atoms with Crippen LogP contribution in [0.2, 0.25) is 0 Å². The number of amides is 2. The number of carbonyl (C=O) groups is 1. The Labute approximate surface area is 122 Å². The molecule has 1 aromatic carbocycles. The van der Waals surface area contributed by atoms with Crippen LogP contribution in [-0.4, -0.2) is 26.0 Å². The van der Waals surface area contributed by atoms with Crippen LogP contribution in [0.1, 0.15) is 6.92 Å². The number of hydrogen-bond donors (Lipinski definition) is 0. The van der Waals surface area contributed by atoms with Gasteiger partial charge in [0, 0.05) is 5.69 Å². The molecule has 2 amide bonds. The zero-order valence-electron chi connectivity index (χ0n) is 9.63. The van der Waals surface area contributed by atoms with Crippen LogP contribution in [0.25, 0.3) is 0 Å².